The van der Waals surface area contributed by atoms with Crippen molar-refractivity contribution in [3.63, 3.8) is 0 Å². The van der Waals surface area contributed by atoms with E-state index in [1.165, 1.54) is 6.92 Å². The maximum absolute atomic E-state index is 12.9. The number of esters is 1. The second-order valence-corrected chi connectivity index (χ2v) is 3.38. The van der Waals surface area contributed by atoms with E-state index in [4.69, 9.17) is 4.74 Å². The first kappa shape index (κ1) is 11.4. The SMILES string of the molecule is CCOC(=O)C(F)(F)COCC1CC1. The Morgan fingerprint density at radius 1 is 1.50 bits per heavy atom. The molecule has 1 saturated carbocycles. The summed E-state index contributed by atoms with van der Waals surface area (Å²) in [6, 6.07) is 0. The van der Waals surface area contributed by atoms with Crippen molar-refractivity contribution < 1.29 is 23.0 Å². The molecule has 0 aromatic carbocycles. The second kappa shape index (κ2) is 4.68. The molecule has 0 bridgehead atoms. The van der Waals surface area contributed by atoms with E-state index in [9.17, 15) is 13.6 Å². The second-order valence-electron chi connectivity index (χ2n) is 3.38. The summed E-state index contributed by atoms with van der Waals surface area (Å²) in [7, 11) is 0. The Morgan fingerprint density at radius 2 is 2.14 bits per heavy atom. The van der Waals surface area contributed by atoms with Crippen molar-refractivity contribution in [3.05, 3.63) is 0 Å². The number of halogens is 2. The van der Waals surface area contributed by atoms with Crippen LogP contribution in [0.4, 0.5) is 8.78 Å². The zero-order valence-corrected chi connectivity index (χ0v) is 8.09. The molecule has 0 aromatic heterocycles. The number of rotatable bonds is 6. The molecule has 0 spiro atoms. The van der Waals surface area contributed by atoms with E-state index in [0.29, 0.717) is 12.5 Å². The monoisotopic (exact) mass is 208 g/mol. The van der Waals surface area contributed by atoms with Gasteiger partial charge in [-0.1, -0.05) is 0 Å². The topological polar surface area (TPSA) is 35.5 Å². The Morgan fingerprint density at radius 3 is 2.64 bits per heavy atom. The maximum Gasteiger partial charge on any atom is 0.379 e. The number of hydrogen-bond acceptors (Lipinski definition) is 3. The van der Waals surface area contributed by atoms with Crippen molar-refractivity contribution in [2.45, 2.75) is 25.7 Å². The minimum Gasteiger partial charge on any atom is -0.461 e. The number of carbonyl (C=O) groups excluding carboxylic acids is 1. The van der Waals surface area contributed by atoms with Gasteiger partial charge < -0.3 is 9.47 Å². The van der Waals surface area contributed by atoms with Crippen LogP contribution in [-0.2, 0) is 14.3 Å². The molecular weight excluding hydrogens is 194 g/mol. The smallest absolute Gasteiger partial charge is 0.379 e. The minimum atomic E-state index is -3.51. The number of hydrogen-bond donors (Lipinski definition) is 0. The highest BCUT2D eigenvalue weighted by atomic mass is 19.3. The van der Waals surface area contributed by atoms with E-state index in [-0.39, 0.29) is 6.61 Å². The van der Waals surface area contributed by atoms with Crippen molar-refractivity contribution in [1.82, 2.24) is 0 Å². The Balaban J connectivity index is 2.20. The van der Waals surface area contributed by atoms with Crippen LogP contribution in [0.2, 0.25) is 0 Å². The third-order valence-electron chi connectivity index (χ3n) is 1.91. The summed E-state index contributed by atoms with van der Waals surface area (Å²) in [5, 5.41) is 0. The Bertz CT molecular complexity index is 202. The van der Waals surface area contributed by atoms with Crippen LogP contribution in [0.3, 0.4) is 0 Å². The van der Waals surface area contributed by atoms with Crippen molar-refractivity contribution in [3.8, 4) is 0 Å². The summed E-state index contributed by atoms with van der Waals surface area (Å²) < 4.78 is 34.7. The van der Waals surface area contributed by atoms with Gasteiger partial charge in [-0.05, 0) is 25.7 Å². The normalized spacial score (nSPS) is 16.8. The third-order valence-corrected chi connectivity index (χ3v) is 1.91. The summed E-state index contributed by atoms with van der Waals surface area (Å²) >= 11 is 0. The molecule has 0 radical (unpaired) electrons. The highest BCUT2D eigenvalue weighted by molar-refractivity contribution is 5.77. The van der Waals surface area contributed by atoms with E-state index >= 15 is 0 Å². The fourth-order valence-corrected chi connectivity index (χ4v) is 0.934. The third kappa shape index (κ3) is 3.57. The molecule has 0 N–H and O–H groups in total. The highest BCUT2D eigenvalue weighted by Crippen LogP contribution is 2.29. The van der Waals surface area contributed by atoms with Crippen LogP contribution in [0.15, 0.2) is 0 Å². The first-order chi connectivity index (χ1) is 6.56. The van der Waals surface area contributed by atoms with Gasteiger partial charge in [0, 0.05) is 6.61 Å². The summed E-state index contributed by atoms with van der Waals surface area (Å²) in [5.74, 6) is -4.60. The van der Waals surface area contributed by atoms with Crippen LogP contribution in [-0.4, -0.2) is 31.7 Å². The van der Waals surface area contributed by atoms with Crippen molar-refractivity contribution in [1.29, 1.82) is 0 Å². The molecule has 0 aromatic rings. The highest BCUT2D eigenvalue weighted by Gasteiger charge is 2.41. The Labute approximate surface area is 81.4 Å². The van der Waals surface area contributed by atoms with Gasteiger partial charge in [-0.15, -0.1) is 0 Å². The number of ether oxygens (including phenoxy) is 2. The molecule has 0 saturated heterocycles. The molecule has 0 unspecified atom stereocenters. The van der Waals surface area contributed by atoms with Crippen LogP contribution in [0, 0.1) is 5.92 Å². The van der Waals surface area contributed by atoms with Crippen LogP contribution >= 0.6 is 0 Å². The van der Waals surface area contributed by atoms with Gasteiger partial charge in [0.15, 0.2) is 0 Å². The van der Waals surface area contributed by atoms with Crippen LogP contribution in [0.1, 0.15) is 19.8 Å². The van der Waals surface area contributed by atoms with Gasteiger partial charge >= 0.3 is 11.9 Å². The van der Waals surface area contributed by atoms with Crippen molar-refractivity contribution in [2.24, 2.45) is 5.92 Å². The van der Waals surface area contributed by atoms with Crippen LogP contribution in [0.25, 0.3) is 0 Å². The first-order valence-corrected chi connectivity index (χ1v) is 4.69. The van der Waals surface area contributed by atoms with E-state index in [0.717, 1.165) is 12.8 Å². The van der Waals surface area contributed by atoms with E-state index in [2.05, 4.69) is 4.74 Å². The van der Waals surface area contributed by atoms with Crippen LogP contribution in [0.5, 0.6) is 0 Å². The van der Waals surface area contributed by atoms with Gasteiger partial charge in [-0.2, -0.15) is 8.78 Å². The lowest BCUT2D eigenvalue weighted by molar-refractivity contribution is -0.180. The summed E-state index contributed by atoms with van der Waals surface area (Å²) in [5.41, 5.74) is 0. The molecule has 5 heteroatoms. The summed E-state index contributed by atoms with van der Waals surface area (Å²) in [6.07, 6.45) is 2.07. The predicted molar refractivity (Wildman–Crippen MR) is 45.1 cm³/mol. The summed E-state index contributed by atoms with van der Waals surface area (Å²) in [4.78, 5) is 10.7. The predicted octanol–water partition coefficient (Wildman–Crippen LogP) is 1.61. The molecule has 0 atom stereocenters. The molecule has 0 amide bonds. The fraction of sp³-hybridized carbons (Fsp3) is 0.889. The summed E-state index contributed by atoms with van der Waals surface area (Å²) in [6.45, 7) is 0.882. The Kier molecular flexibility index (Phi) is 3.80. The molecule has 14 heavy (non-hydrogen) atoms. The van der Waals surface area contributed by atoms with Gasteiger partial charge in [0.25, 0.3) is 0 Å². The lowest BCUT2D eigenvalue weighted by atomic mass is 10.3. The molecule has 0 heterocycles. The molecule has 1 rings (SSSR count). The van der Waals surface area contributed by atoms with Gasteiger partial charge in [-0.25, -0.2) is 4.79 Å². The molecule has 1 fully saturated rings. The molecule has 3 nitrogen and oxygen atoms in total. The maximum atomic E-state index is 12.9. The van der Waals surface area contributed by atoms with Gasteiger partial charge in [0.05, 0.1) is 6.61 Å². The largest absolute Gasteiger partial charge is 0.461 e. The van der Waals surface area contributed by atoms with E-state index < -0.39 is 18.5 Å². The Hall–Kier alpha value is -0.710. The average molecular weight is 208 g/mol. The quantitative estimate of drug-likeness (QED) is 0.622. The first-order valence-electron chi connectivity index (χ1n) is 4.69. The van der Waals surface area contributed by atoms with Gasteiger partial charge in [0.1, 0.15) is 6.61 Å². The lowest BCUT2D eigenvalue weighted by Gasteiger charge is -2.14. The molecule has 0 aliphatic heterocycles. The molecule has 82 valence electrons. The molecular formula is C9H14F2O3. The standard InChI is InChI=1S/C9H14F2O3/c1-2-14-8(12)9(10,11)6-13-5-7-3-4-7/h7H,2-6H2,1H3. The van der Waals surface area contributed by atoms with E-state index in [1.807, 2.05) is 0 Å². The zero-order valence-electron chi connectivity index (χ0n) is 8.09. The van der Waals surface area contributed by atoms with E-state index in [1.54, 1.807) is 0 Å². The number of carbonyl (C=O) groups is 1. The lowest BCUT2D eigenvalue weighted by Crippen LogP contribution is -2.36. The molecule has 1 aliphatic carbocycles. The van der Waals surface area contributed by atoms with Crippen LogP contribution < -0.4 is 0 Å². The van der Waals surface area contributed by atoms with Crippen molar-refractivity contribution >= 4 is 5.97 Å². The zero-order chi connectivity index (χ0) is 10.6. The fourth-order valence-electron chi connectivity index (χ4n) is 0.934. The minimum absolute atomic E-state index is 0.0446. The van der Waals surface area contributed by atoms with Crippen molar-refractivity contribution in [2.75, 3.05) is 19.8 Å². The molecule has 1 aliphatic rings. The number of alkyl halides is 2. The average Bonchev–Trinajstić information content (AvgIpc) is 2.88. The van der Waals surface area contributed by atoms with Gasteiger partial charge in [-0.3, -0.25) is 0 Å². The van der Waals surface area contributed by atoms with Gasteiger partial charge in [0.2, 0.25) is 0 Å².